The predicted molar refractivity (Wildman–Crippen MR) is 114 cm³/mol. The van der Waals surface area contributed by atoms with Gasteiger partial charge in [0.25, 0.3) is 0 Å². The zero-order chi connectivity index (χ0) is 21.3. The van der Waals surface area contributed by atoms with Crippen molar-refractivity contribution in [2.24, 2.45) is 5.16 Å². The van der Waals surface area contributed by atoms with Crippen LogP contribution in [0.2, 0.25) is 0 Å². The van der Waals surface area contributed by atoms with Gasteiger partial charge in [-0.3, -0.25) is 4.98 Å². The number of hydrogen-bond donors (Lipinski definition) is 0. The lowest BCUT2D eigenvalue weighted by atomic mass is 9.98. The van der Waals surface area contributed by atoms with Crippen LogP contribution in [0.3, 0.4) is 0 Å². The summed E-state index contributed by atoms with van der Waals surface area (Å²) in [6.07, 6.45) is 5.14. The third-order valence-corrected chi connectivity index (χ3v) is 4.83. The van der Waals surface area contributed by atoms with Crippen LogP contribution in [-0.2, 0) is 16.0 Å². The lowest BCUT2D eigenvalue weighted by Gasteiger charge is -2.18. The van der Waals surface area contributed by atoms with Crippen LogP contribution in [0, 0.1) is 0 Å². The second kappa shape index (κ2) is 7.78. The van der Waals surface area contributed by atoms with Crippen molar-refractivity contribution in [1.29, 1.82) is 0 Å². The smallest absolute Gasteiger partial charge is 0.374 e. The molecule has 2 aromatic heterocycles. The van der Waals surface area contributed by atoms with Gasteiger partial charge in [-0.25, -0.2) is 4.79 Å². The number of oxime groups is 1. The number of fused-ring (bicyclic) bond motifs is 1. The fourth-order valence-electron chi connectivity index (χ4n) is 3.59. The Morgan fingerprint density at radius 1 is 1.03 bits per heavy atom. The van der Waals surface area contributed by atoms with Crippen LogP contribution in [0.15, 0.2) is 58.4 Å². The van der Waals surface area contributed by atoms with Crippen molar-refractivity contribution in [2.75, 3.05) is 7.11 Å². The van der Waals surface area contributed by atoms with Crippen molar-refractivity contribution in [3.63, 3.8) is 0 Å². The Balaban J connectivity index is 1.79. The number of benzene rings is 1. The Bertz CT molecular complexity index is 1110. The molecular weight excluding hydrogens is 380 g/mol. The highest BCUT2D eigenvalue weighted by atomic mass is 16.6. The normalized spacial score (nSPS) is 14.6. The van der Waals surface area contributed by atoms with Crippen molar-refractivity contribution in [3.8, 4) is 22.5 Å². The van der Waals surface area contributed by atoms with E-state index in [1.165, 1.54) is 5.56 Å². The maximum absolute atomic E-state index is 12.6. The molecule has 0 fully saturated rings. The van der Waals surface area contributed by atoms with E-state index >= 15 is 0 Å². The molecule has 1 aromatic carbocycles. The largest absolute Gasteiger partial charge is 0.454 e. The molecule has 6 nitrogen and oxygen atoms in total. The molecule has 0 saturated carbocycles. The van der Waals surface area contributed by atoms with Gasteiger partial charge >= 0.3 is 5.97 Å². The Labute approximate surface area is 175 Å². The first-order valence-corrected chi connectivity index (χ1v) is 9.87. The molecule has 1 aliphatic carbocycles. The summed E-state index contributed by atoms with van der Waals surface area (Å²) >= 11 is 0. The van der Waals surface area contributed by atoms with Gasteiger partial charge in [0.2, 0.25) is 5.76 Å². The van der Waals surface area contributed by atoms with Gasteiger partial charge in [0.05, 0.1) is 5.71 Å². The van der Waals surface area contributed by atoms with E-state index in [9.17, 15) is 4.79 Å². The third kappa shape index (κ3) is 3.99. The maximum Gasteiger partial charge on any atom is 0.374 e. The third-order valence-electron chi connectivity index (χ3n) is 4.83. The molecule has 0 atom stereocenters. The second-order valence-electron chi connectivity index (χ2n) is 8.18. The number of furan rings is 1. The first kappa shape index (κ1) is 19.9. The second-order valence-corrected chi connectivity index (χ2v) is 8.18. The minimum Gasteiger partial charge on any atom is -0.454 e. The van der Waals surface area contributed by atoms with E-state index in [1.807, 2.05) is 45.0 Å². The number of esters is 1. The lowest BCUT2D eigenvalue weighted by Crippen LogP contribution is -2.23. The number of nitrogens with zero attached hydrogens (tertiary/aromatic N) is 2. The van der Waals surface area contributed by atoms with Gasteiger partial charge in [-0.2, -0.15) is 0 Å². The number of carbonyl (C=O) groups is 1. The van der Waals surface area contributed by atoms with Gasteiger partial charge < -0.3 is 14.0 Å². The Hall–Kier alpha value is -3.41. The van der Waals surface area contributed by atoms with Crippen LogP contribution >= 0.6 is 0 Å². The minimum absolute atomic E-state index is 0.175. The van der Waals surface area contributed by atoms with E-state index in [0.29, 0.717) is 5.76 Å². The fourth-order valence-corrected chi connectivity index (χ4v) is 3.59. The molecule has 2 heterocycles. The van der Waals surface area contributed by atoms with Crippen LogP contribution < -0.4 is 0 Å². The highest BCUT2D eigenvalue weighted by molar-refractivity contribution is 6.05. The van der Waals surface area contributed by atoms with Gasteiger partial charge in [-0.05, 0) is 62.9 Å². The molecule has 0 N–H and O–H groups in total. The molecule has 4 rings (SSSR count). The summed E-state index contributed by atoms with van der Waals surface area (Å²) in [6, 6.07) is 11.7. The molecule has 154 valence electrons. The van der Waals surface area contributed by atoms with E-state index in [2.05, 4.69) is 16.2 Å². The van der Waals surface area contributed by atoms with Gasteiger partial charge in [-0.1, -0.05) is 23.4 Å². The molecule has 6 heteroatoms. The molecule has 0 aliphatic heterocycles. The Morgan fingerprint density at radius 3 is 2.50 bits per heavy atom. The summed E-state index contributed by atoms with van der Waals surface area (Å²) in [4.78, 5) is 21.7. The number of hydrogen-bond acceptors (Lipinski definition) is 6. The quantitative estimate of drug-likeness (QED) is 0.438. The topological polar surface area (TPSA) is 73.9 Å². The molecule has 0 saturated heterocycles. The van der Waals surface area contributed by atoms with E-state index < -0.39 is 11.6 Å². The zero-order valence-corrected chi connectivity index (χ0v) is 17.6. The molecule has 0 bridgehead atoms. The minimum atomic E-state index is -0.606. The van der Waals surface area contributed by atoms with Crippen molar-refractivity contribution >= 4 is 11.7 Å². The van der Waals surface area contributed by atoms with Crippen molar-refractivity contribution in [1.82, 2.24) is 4.98 Å². The van der Waals surface area contributed by atoms with Gasteiger partial charge in [0, 0.05) is 29.1 Å². The van der Waals surface area contributed by atoms with Crippen molar-refractivity contribution in [3.05, 3.63) is 65.7 Å². The first-order valence-electron chi connectivity index (χ1n) is 9.87. The van der Waals surface area contributed by atoms with Crippen LogP contribution in [-0.4, -0.2) is 29.4 Å². The number of carbonyl (C=O) groups excluding carboxylic acids is 1. The van der Waals surface area contributed by atoms with Gasteiger partial charge in [-0.15, -0.1) is 0 Å². The fraction of sp³-hybridized carbons (Fsp3) is 0.292. The van der Waals surface area contributed by atoms with Crippen LogP contribution in [0.5, 0.6) is 0 Å². The molecule has 1 aliphatic rings. The highest BCUT2D eigenvalue weighted by Crippen LogP contribution is 2.37. The SMILES string of the molecule is CO/N=C1/CCc2cc(-c3cc(C(=O)OC(C)(C)C)oc3-c3ccncc3)ccc21. The molecule has 0 spiro atoms. The summed E-state index contributed by atoms with van der Waals surface area (Å²) in [7, 11) is 1.56. The van der Waals surface area contributed by atoms with Crippen LogP contribution in [0.1, 0.15) is 48.9 Å². The molecule has 3 aromatic rings. The first-order chi connectivity index (χ1) is 14.4. The monoisotopic (exact) mass is 404 g/mol. The number of aryl methyl sites for hydroxylation is 1. The average molecular weight is 404 g/mol. The molecule has 0 amide bonds. The van der Waals surface area contributed by atoms with E-state index in [4.69, 9.17) is 14.0 Å². The van der Waals surface area contributed by atoms with Gasteiger partial charge in [0.15, 0.2) is 0 Å². The number of ether oxygens (including phenoxy) is 1. The summed E-state index contributed by atoms with van der Waals surface area (Å²) in [5.41, 5.74) is 5.29. The van der Waals surface area contributed by atoms with Crippen molar-refractivity contribution in [2.45, 2.75) is 39.2 Å². The van der Waals surface area contributed by atoms with E-state index in [0.717, 1.165) is 40.8 Å². The molecule has 0 radical (unpaired) electrons. The summed E-state index contributed by atoms with van der Waals surface area (Å²) in [5, 5.41) is 4.12. The maximum atomic E-state index is 12.6. The average Bonchev–Trinajstić information content (AvgIpc) is 3.32. The lowest BCUT2D eigenvalue weighted by molar-refractivity contribution is 0.00368. The van der Waals surface area contributed by atoms with Crippen molar-refractivity contribution < 1.29 is 18.8 Å². The molecule has 0 unspecified atom stereocenters. The Kier molecular flexibility index (Phi) is 5.16. The zero-order valence-electron chi connectivity index (χ0n) is 17.6. The van der Waals surface area contributed by atoms with E-state index in [1.54, 1.807) is 25.6 Å². The number of aromatic nitrogens is 1. The standard InChI is InChI=1S/C24H24N2O4/c1-24(2,3)30-23(27)21-14-19(22(29-21)15-9-11-25-12-10-15)17-5-7-18-16(13-17)6-8-20(18)26-28-4/h5,7,9-14H,6,8H2,1-4H3/b26-20-. The summed E-state index contributed by atoms with van der Waals surface area (Å²) in [5.74, 6) is 0.301. The molecular formula is C24H24N2O4. The van der Waals surface area contributed by atoms with Crippen LogP contribution in [0.4, 0.5) is 0 Å². The molecule has 30 heavy (non-hydrogen) atoms. The highest BCUT2D eigenvalue weighted by Gasteiger charge is 2.25. The summed E-state index contributed by atoms with van der Waals surface area (Å²) in [6.45, 7) is 5.49. The van der Waals surface area contributed by atoms with Gasteiger partial charge in [0.1, 0.15) is 18.5 Å². The van der Waals surface area contributed by atoms with E-state index in [-0.39, 0.29) is 5.76 Å². The summed E-state index contributed by atoms with van der Waals surface area (Å²) < 4.78 is 11.5. The number of pyridine rings is 1. The Morgan fingerprint density at radius 2 is 1.80 bits per heavy atom. The number of rotatable bonds is 4. The predicted octanol–water partition coefficient (Wildman–Crippen LogP) is 5.26. The van der Waals surface area contributed by atoms with Crippen LogP contribution in [0.25, 0.3) is 22.5 Å².